The maximum Gasteiger partial charge on any atom is 0.109 e. The summed E-state index contributed by atoms with van der Waals surface area (Å²) in [5.41, 5.74) is 9.70. The standard InChI is InChI=1S/C15H22N2S/c16-14-13(17-9-18-14)1-2-15-6-10-3-11(7-15)5-12(4-10)8-15/h9-12H,1-8,16H2. The minimum Gasteiger partial charge on any atom is -0.389 e. The van der Waals surface area contributed by atoms with E-state index in [1.807, 2.05) is 5.51 Å². The smallest absolute Gasteiger partial charge is 0.109 e. The lowest BCUT2D eigenvalue weighted by molar-refractivity contribution is -0.0570. The van der Waals surface area contributed by atoms with Crippen molar-refractivity contribution < 1.29 is 0 Å². The van der Waals surface area contributed by atoms with Gasteiger partial charge in [0, 0.05) is 0 Å². The highest BCUT2D eigenvalue weighted by Gasteiger charge is 2.50. The summed E-state index contributed by atoms with van der Waals surface area (Å²) in [6.07, 6.45) is 11.6. The molecule has 0 saturated heterocycles. The van der Waals surface area contributed by atoms with Gasteiger partial charge in [0.1, 0.15) is 5.00 Å². The van der Waals surface area contributed by atoms with E-state index in [1.165, 1.54) is 44.9 Å². The molecule has 98 valence electrons. The van der Waals surface area contributed by atoms with Gasteiger partial charge in [0.2, 0.25) is 0 Å². The van der Waals surface area contributed by atoms with Crippen molar-refractivity contribution in [2.75, 3.05) is 5.73 Å². The van der Waals surface area contributed by atoms with E-state index in [-0.39, 0.29) is 0 Å². The zero-order valence-corrected chi connectivity index (χ0v) is 11.7. The van der Waals surface area contributed by atoms with E-state index in [0.717, 1.165) is 34.9 Å². The molecule has 5 rings (SSSR count). The maximum absolute atomic E-state index is 5.97. The van der Waals surface area contributed by atoms with Gasteiger partial charge in [-0.2, -0.15) is 0 Å². The first kappa shape index (κ1) is 11.3. The molecule has 1 aromatic heterocycles. The van der Waals surface area contributed by atoms with Crippen LogP contribution in [0.15, 0.2) is 5.51 Å². The van der Waals surface area contributed by atoms with Gasteiger partial charge in [0.25, 0.3) is 0 Å². The predicted octanol–water partition coefficient (Wildman–Crippen LogP) is 3.87. The Labute approximate surface area is 113 Å². The third-order valence-electron chi connectivity index (χ3n) is 5.73. The van der Waals surface area contributed by atoms with Gasteiger partial charge < -0.3 is 5.73 Å². The molecular formula is C15H22N2S. The van der Waals surface area contributed by atoms with Crippen LogP contribution in [-0.4, -0.2) is 4.98 Å². The van der Waals surface area contributed by atoms with Gasteiger partial charge >= 0.3 is 0 Å². The summed E-state index contributed by atoms with van der Waals surface area (Å²) in [7, 11) is 0. The summed E-state index contributed by atoms with van der Waals surface area (Å²) in [6.45, 7) is 0. The van der Waals surface area contributed by atoms with Crippen molar-refractivity contribution in [3.63, 3.8) is 0 Å². The molecule has 4 aliphatic carbocycles. The first-order valence-electron chi connectivity index (χ1n) is 7.40. The number of hydrogen-bond donors (Lipinski definition) is 1. The molecule has 0 aromatic carbocycles. The van der Waals surface area contributed by atoms with Crippen molar-refractivity contribution >= 4 is 16.3 Å². The molecule has 18 heavy (non-hydrogen) atoms. The van der Waals surface area contributed by atoms with Crippen molar-refractivity contribution in [2.24, 2.45) is 23.2 Å². The molecular weight excluding hydrogens is 240 g/mol. The van der Waals surface area contributed by atoms with Gasteiger partial charge in [-0.05, 0) is 74.5 Å². The Morgan fingerprint density at radius 1 is 1.17 bits per heavy atom. The van der Waals surface area contributed by atoms with Crippen LogP contribution >= 0.6 is 11.3 Å². The van der Waals surface area contributed by atoms with Crippen molar-refractivity contribution in [1.82, 2.24) is 4.98 Å². The Hall–Kier alpha value is -0.570. The molecule has 0 amide bonds. The van der Waals surface area contributed by atoms with Gasteiger partial charge in [-0.3, -0.25) is 0 Å². The normalized spacial score (nSPS) is 41.4. The van der Waals surface area contributed by atoms with Crippen LogP contribution in [0.4, 0.5) is 5.00 Å². The van der Waals surface area contributed by atoms with Crippen molar-refractivity contribution in [3.05, 3.63) is 11.2 Å². The summed E-state index contributed by atoms with van der Waals surface area (Å²) in [5.74, 6) is 3.18. The molecule has 4 fully saturated rings. The van der Waals surface area contributed by atoms with Crippen LogP contribution in [0.5, 0.6) is 0 Å². The van der Waals surface area contributed by atoms with E-state index in [1.54, 1.807) is 11.3 Å². The third-order valence-corrected chi connectivity index (χ3v) is 6.43. The summed E-state index contributed by atoms with van der Waals surface area (Å²) in [6, 6.07) is 0. The lowest BCUT2D eigenvalue weighted by Crippen LogP contribution is -2.46. The predicted molar refractivity (Wildman–Crippen MR) is 75.5 cm³/mol. The zero-order valence-electron chi connectivity index (χ0n) is 10.9. The summed E-state index contributed by atoms with van der Waals surface area (Å²) in [4.78, 5) is 4.43. The fraction of sp³-hybridized carbons (Fsp3) is 0.800. The Morgan fingerprint density at radius 2 is 1.78 bits per heavy atom. The summed E-state index contributed by atoms with van der Waals surface area (Å²) < 4.78 is 0. The van der Waals surface area contributed by atoms with Gasteiger partial charge in [-0.1, -0.05) is 0 Å². The van der Waals surface area contributed by atoms with Crippen LogP contribution in [0.1, 0.15) is 50.6 Å². The van der Waals surface area contributed by atoms with Gasteiger partial charge in [-0.25, -0.2) is 4.98 Å². The number of nitrogens with two attached hydrogens (primary N) is 1. The van der Waals surface area contributed by atoms with Crippen LogP contribution in [0.25, 0.3) is 0 Å². The first-order valence-corrected chi connectivity index (χ1v) is 8.28. The highest BCUT2D eigenvalue weighted by Crippen LogP contribution is 2.61. The number of aromatic nitrogens is 1. The molecule has 0 spiro atoms. The fourth-order valence-corrected chi connectivity index (χ4v) is 6.03. The van der Waals surface area contributed by atoms with E-state index in [2.05, 4.69) is 4.98 Å². The lowest BCUT2D eigenvalue weighted by atomic mass is 9.48. The van der Waals surface area contributed by atoms with E-state index in [4.69, 9.17) is 5.73 Å². The fourth-order valence-electron chi connectivity index (χ4n) is 5.45. The molecule has 4 saturated carbocycles. The highest BCUT2D eigenvalue weighted by molar-refractivity contribution is 7.13. The topological polar surface area (TPSA) is 38.9 Å². The minimum atomic E-state index is 0.671. The third kappa shape index (κ3) is 1.78. The lowest BCUT2D eigenvalue weighted by Gasteiger charge is -2.57. The molecule has 0 aliphatic heterocycles. The molecule has 1 aromatic rings. The monoisotopic (exact) mass is 262 g/mol. The van der Waals surface area contributed by atoms with Crippen LogP contribution in [0.3, 0.4) is 0 Å². The van der Waals surface area contributed by atoms with Gasteiger partial charge in [0.05, 0.1) is 11.2 Å². The van der Waals surface area contributed by atoms with E-state index in [0.29, 0.717) is 5.41 Å². The molecule has 2 N–H and O–H groups in total. The maximum atomic E-state index is 5.97. The van der Waals surface area contributed by atoms with Gasteiger partial charge in [-0.15, -0.1) is 11.3 Å². The van der Waals surface area contributed by atoms with Crippen LogP contribution in [0, 0.1) is 23.2 Å². The van der Waals surface area contributed by atoms with Gasteiger partial charge in [0.15, 0.2) is 0 Å². The number of anilines is 1. The molecule has 0 atom stereocenters. The van der Waals surface area contributed by atoms with Crippen molar-refractivity contribution in [2.45, 2.75) is 51.4 Å². The zero-order chi connectivity index (χ0) is 12.2. The summed E-state index contributed by atoms with van der Waals surface area (Å²) in [5, 5.41) is 0.944. The largest absolute Gasteiger partial charge is 0.389 e. The number of aryl methyl sites for hydroxylation is 1. The van der Waals surface area contributed by atoms with Crippen LogP contribution < -0.4 is 5.73 Å². The molecule has 3 heteroatoms. The SMILES string of the molecule is Nc1scnc1CCC12CC3CC(CC(C3)C1)C2. The second kappa shape index (κ2) is 3.96. The van der Waals surface area contributed by atoms with Crippen molar-refractivity contribution in [3.8, 4) is 0 Å². The molecule has 1 heterocycles. The Bertz CT molecular complexity index is 416. The van der Waals surface area contributed by atoms with E-state index >= 15 is 0 Å². The number of nitrogen functional groups attached to an aromatic ring is 1. The van der Waals surface area contributed by atoms with Crippen LogP contribution in [0.2, 0.25) is 0 Å². The first-order chi connectivity index (χ1) is 8.72. The number of rotatable bonds is 3. The Kier molecular flexibility index (Phi) is 2.48. The Balaban J connectivity index is 1.49. The molecule has 0 radical (unpaired) electrons. The molecule has 0 unspecified atom stereocenters. The average molecular weight is 262 g/mol. The summed E-state index contributed by atoms with van der Waals surface area (Å²) >= 11 is 1.59. The molecule has 4 aliphatic rings. The highest BCUT2D eigenvalue weighted by atomic mass is 32.1. The molecule has 2 nitrogen and oxygen atoms in total. The number of nitrogens with zero attached hydrogens (tertiary/aromatic N) is 1. The Morgan fingerprint density at radius 3 is 2.28 bits per heavy atom. The minimum absolute atomic E-state index is 0.671. The van der Waals surface area contributed by atoms with Crippen molar-refractivity contribution in [1.29, 1.82) is 0 Å². The number of thiazole rings is 1. The quantitative estimate of drug-likeness (QED) is 0.898. The van der Waals surface area contributed by atoms with Crippen LogP contribution in [-0.2, 0) is 6.42 Å². The second-order valence-corrected chi connectivity index (χ2v) is 7.97. The average Bonchev–Trinajstić information content (AvgIpc) is 2.70. The van der Waals surface area contributed by atoms with E-state index in [9.17, 15) is 0 Å². The van der Waals surface area contributed by atoms with E-state index < -0.39 is 0 Å². The number of hydrogen-bond acceptors (Lipinski definition) is 3. The second-order valence-electron chi connectivity index (χ2n) is 7.08. The molecule has 4 bridgehead atoms.